The maximum absolute atomic E-state index is 4.51. The molecule has 0 aliphatic carbocycles. The van der Waals surface area contributed by atoms with Gasteiger partial charge in [0.25, 0.3) is 0 Å². The molecule has 3 rings (SSSR count). The molecule has 0 spiro atoms. The molecule has 2 aromatic rings. The van der Waals surface area contributed by atoms with E-state index in [1.54, 1.807) is 11.3 Å². The summed E-state index contributed by atoms with van der Waals surface area (Å²) in [5.74, 6) is 0.844. The number of nitrogens with one attached hydrogen (secondary N) is 2. The fourth-order valence-corrected chi connectivity index (χ4v) is 4.30. The molecule has 1 fully saturated rings. The molecule has 1 aliphatic heterocycles. The second kappa shape index (κ2) is 13.2. The summed E-state index contributed by atoms with van der Waals surface area (Å²) >= 11 is 1.70. The number of hydrogen-bond donors (Lipinski definition) is 2. The standard InChI is InChI=1S/C22H33N5S.HI/c1-18-26-21(17-28-18)11-12-24-22(23-2)25-15-19-9-5-6-10-20(19)16-27-13-7-3-4-8-14-27;/h5-6,9-10,17H,3-4,7-8,11-16H2,1-2H3,(H2,23,24,25);1H. The molecule has 2 N–H and O–H groups in total. The molecular formula is C22H34IN5S. The van der Waals surface area contributed by atoms with Gasteiger partial charge in [0.1, 0.15) is 0 Å². The molecule has 0 unspecified atom stereocenters. The predicted molar refractivity (Wildman–Crippen MR) is 134 cm³/mol. The van der Waals surface area contributed by atoms with E-state index in [1.165, 1.54) is 49.9 Å². The molecule has 0 saturated carbocycles. The summed E-state index contributed by atoms with van der Waals surface area (Å²) in [6.45, 7) is 7.16. The summed E-state index contributed by atoms with van der Waals surface area (Å²) in [5, 5.41) is 10.1. The van der Waals surface area contributed by atoms with E-state index in [1.807, 2.05) is 14.0 Å². The highest BCUT2D eigenvalue weighted by Gasteiger charge is 2.12. The zero-order valence-corrected chi connectivity index (χ0v) is 20.8. The molecule has 0 bridgehead atoms. The number of likely N-dealkylation sites (tertiary alicyclic amines) is 1. The molecule has 1 saturated heterocycles. The molecule has 5 nitrogen and oxygen atoms in total. The van der Waals surface area contributed by atoms with Crippen LogP contribution in [0, 0.1) is 6.92 Å². The van der Waals surface area contributed by atoms with Gasteiger partial charge in [-0.15, -0.1) is 35.3 Å². The maximum Gasteiger partial charge on any atom is 0.191 e. The Morgan fingerprint density at radius 3 is 2.48 bits per heavy atom. The van der Waals surface area contributed by atoms with E-state index < -0.39 is 0 Å². The van der Waals surface area contributed by atoms with Crippen molar-refractivity contribution in [3.63, 3.8) is 0 Å². The van der Waals surface area contributed by atoms with E-state index in [2.05, 4.69) is 55.2 Å². The van der Waals surface area contributed by atoms with Gasteiger partial charge in [0, 0.05) is 38.5 Å². The lowest BCUT2D eigenvalue weighted by molar-refractivity contribution is 0.276. The van der Waals surface area contributed by atoms with Crippen molar-refractivity contribution in [2.45, 2.75) is 52.1 Å². The van der Waals surface area contributed by atoms with Crippen LogP contribution >= 0.6 is 35.3 Å². The molecule has 1 aromatic carbocycles. The second-order valence-electron chi connectivity index (χ2n) is 7.42. The molecule has 0 amide bonds. The van der Waals surface area contributed by atoms with E-state index in [0.717, 1.165) is 42.7 Å². The normalized spacial score (nSPS) is 15.4. The largest absolute Gasteiger partial charge is 0.356 e. The number of nitrogens with zero attached hydrogens (tertiary/aromatic N) is 3. The number of aryl methyl sites for hydroxylation is 1. The van der Waals surface area contributed by atoms with Crippen molar-refractivity contribution in [2.75, 3.05) is 26.7 Å². The number of aromatic nitrogens is 1. The third kappa shape index (κ3) is 8.22. The summed E-state index contributed by atoms with van der Waals surface area (Å²) in [7, 11) is 1.82. The van der Waals surface area contributed by atoms with Crippen molar-refractivity contribution in [3.05, 3.63) is 51.5 Å². The number of thiazole rings is 1. The van der Waals surface area contributed by atoms with Crippen LogP contribution in [0.25, 0.3) is 0 Å². The lowest BCUT2D eigenvalue weighted by atomic mass is 10.1. The number of rotatable bonds is 7. The highest BCUT2D eigenvalue weighted by Crippen LogP contribution is 2.16. The fraction of sp³-hybridized carbons (Fsp3) is 0.545. The maximum atomic E-state index is 4.51. The van der Waals surface area contributed by atoms with Crippen molar-refractivity contribution in [1.29, 1.82) is 0 Å². The molecule has 160 valence electrons. The van der Waals surface area contributed by atoms with Crippen molar-refractivity contribution in [1.82, 2.24) is 20.5 Å². The van der Waals surface area contributed by atoms with Gasteiger partial charge in [-0.2, -0.15) is 0 Å². The molecule has 1 aliphatic rings. The Morgan fingerprint density at radius 2 is 1.83 bits per heavy atom. The first-order chi connectivity index (χ1) is 13.7. The van der Waals surface area contributed by atoms with Crippen LogP contribution < -0.4 is 10.6 Å². The average molecular weight is 528 g/mol. The minimum absolute atomic E-state index is 0. The topological polar surface area (TPSA) is 52.6 Å². The molecule has 2 heterocycles. The molecule has 7 heteroatoms. The van der Waals surface area contributed by atoms with E-state index in [9.17, 15) is 0 Å². The van der Waals surface area contributed by atoms with Crippen LogP contribution in [0.2, 0.25) is 0 Å². The number of aliphatic imine (C=N–C) groups is 1. The van der Waals surface area contributed by atoms with Crippen LogP contribution in [-0.4, -0.2) is 42.5 Å². The highest BCUT2D eigenvalue weighted by molar-refractivity contribution is 14.0. The van der Waals surface area contributed by atoms with Gasteiger partial charge in [0.05, 0.1) is 10.7 Å². The van der Waals surface area contributed by atoms with Crippen molar-refractivity contribution < 1.29 is 0 Å². The first-order valence-corrected chi connectivity index (χ1v) is 11.3. The minimum atomic E-state index is 0. The smallest absolute Gasteiger partial charge is 0.191 e. The van der Waals surface area contributed by atoms with Crippen LogP contribution in [0.4, 0.5) is 0 Å². The highest BCUT2D eigenvalue weighted by atomic mass is 127. The first kappa shape index (κ1) is 24.1. The summed E-state index contributed by atoms with van der Waals surface area (Å²) in [6.07, 6.45) is 6.33. The van der Waals surface area contributed by atoms with Gasteiger partial charge >= 0.3 is 0 Å². The van der Waals surface area contributed by atoms with Crippen LogP contribution in [0.5, 0.6) is 0 Å². The van der Waals surface area contributed by atoms with Crippen LogP contribution in [0.15, 0.2) is 34.6 Å². The zero-order valence-electron chi connectivity index (χ0n) is 17.6. The van der Waals surface area contributed by atoms with Gasteiger partial charge in [-0.25, -0.2) is 4.98 Å². The Bertz CT molecular complexity index is 753. The van der Waals surface area contributed by atoms with E-state index in [0.29, 0.717) is 0 Å². The number of hydrogen-bond acceptors (Lipinski definition) is 4. The van der Waals surface area contributed by atoms with Crippen LogP contribution in [-0.2, 0) is 19.5 Å². The van der Waals surface area contributed by atoms with E-state index >= 15 is 0 Å². The Labute approximate surface area is 196 Å². The first-order valence-electron chi connectivity index (χ1n) is 10.4. The van der Waals surface area contributed by atoms with Gasteiger partial charge in [-0.3, -0.25) is 9.89 Å². The Morgan fingerprint density at radius 1 is 1.10 bits per heavy atom. The summed E-state index contributed by atoms with van der Waals surface area (Å²) in [5.41, 5.74) is 3.92. The molecule has 29 heavy (non-hydrogen) atoms. The zero-order chi connectivity index (χ0) is 19.6. The Kier molecular flexibility index (Phi) is 10.9. The average Bonchev–Trinajstić information content (AvgIpc) is 2.96. The molecule has 1 aromatic heterocycles. The van der Waals surface area contributed by atoms with Gasteiger partial charge in [0.15, 0.2) is 5.96 Å². The second-order valence-corrected chi connectivity index (χ2v) is 8.48. The third-order valence-electron chi connectivity index (χ3n) is 5.22. The van der Waals surface area contributed by atoms with Crippen molar-refractivity contribution >= 4 is 41.3 Å². The fourth-order valence-electron chi connectivity index (χ4n) is 3.65. The Hall–Kier alpha value is -1.19. The SMILES string of the molecule is CN=C(NCCc1csc(C)n1)NCc1ccccc1CN1CCCCCC1.I. The van der Waals surface area contributed by atoms with Gasteiger partial charge in [0.2, 0.25) is 0 Å². The summed E-state index contributed by atoms with van der Waals surface area (Å²) in [4.78, 5) is 11.5. The number of halogens is 1. The van der Waals surface area contributed by atoms with Crippen LogP contribution in [0.1, 0.15) is 47.5 Å². The van der Waals surface area contributed by atoms with E-state index in [4.69, 9.17) is 0 Å². The lowest BCUT2D eigenvalue weighted by Gasteiger charge is -2.22. The lowest BCUT2D eigenvalue weighted by Crippen LogP contribution is -2.38. The quantitative estimate of drug-likeness (QED) is 0.320. The van der Waals surface area contributed by atoms with Crippen molar-refractivity contribution in [2.24, 2.45) is 4.99 Å². The molecular weight excluding hydrogens is 493 g/mol. The van der Waals surface area contributed by atoms with Crippen LogP contribution in [0.3, 0.4) is 0 Å². The third-order valence-corrected chi connectivity index (χ3v) is 6.04. The summed E-state index contributed by atoms with van der Waals surface area (Å²) < 4.78 is 0. The number of guanidine groups is 1. The monoisotopic (exact) mass is 527 g/mol. The predicted octanol–water partition coefficient (Wildman–Crippen LogP) is 4.35. The minimum Gasteiger partial charge on any atom is -0.356 e. The van der Waals surface area contributed by atoms with Gasteiger partial charge in [-0.05, 0) is 44.0 Å². The van der Waals surface area contributed by atoms with Gasteiger partial charge < -0.3 is 10.6 Å². The molecule has 0 radical (unpaired) electrons. The molecule has 0 atom stereocenters. The van der Waals surface area contributed by atoms with Gasteiger partial charge in [-0.1, -0.05) is 37.1 Å². The Balaban J connectivity index is 0.00000300. The van der Waals surface area contributed by atoms with Crippen molar-refractivity contribution in [3.8, 4) is 0 Å². The number of benzene rings is 1. The summed E-state index contributed by atoms with van der Waals surface area (Å²) in [6, 6.07) is 8.78. The van der Waals surface area contributed by atoms with E-state index in [-0.39, 0.29) is 24.0 Å².